The van der Waals surface area contributed by atoms with E-state index in [1.807, 2.05) is 0 Å². The van der Waals surface area contributed by atoms with Gasteiger partial charge in [0.25, 0.3) is 0 Å². The highest BCUT2D eigenvalue weighted by Gasteiger charge is 2.42. The number of carboxylic acids is 1. The molecule has 2 fully saturated rings. The Labute approximate surface area is 123 Å². The van der Waals surface area contributed by atoms with Crippen molar-refractivity contribution in [3.8, 4) is 0 Å². The lowest BCUT2D eigenvalue weighted by Gasteiger charge is -2.21. The van der Waals surface area contributed by atoms with Crippen molar-refractivity contribution in [1.82, 2.24) is 0 Å². The van der Waals surface area contributed by atoms with Gasteiger partial charge in [0.15, 0.2) is 0 Å². The standard InChI is InChI=1S/C14H15BrO3S/c15-12-4-3-10(7-11(12)14(16)17)19(18)13-6-8-1-2-9(13)5-8/h3-4,7-9,13H,1-2,5-6H2,(H,16,17). The molecule has 19 heavy (non-hydrogen) atoms. The molecule has 1 aromatic rings. The molecule has 1 N–H and O–H groups in total. The minimum atomic E-state index is -1.08. The second-order valence-electron chi connectivity index (χ2n) is 5.46. The zero-order chi connectivity index (χ0) is 13.6. The number of carboxylic acid groups (broad SMARTS) is 1. The minimum absolute atomic E-state index is 0.189. The summed E-state index contributed by atoms with van der Waals surface area (Å²) in [6.45, 7) is 0. The van der Waals surface area contributed by atoms with Crippen molar-refractivity contribution in [3.63, 3.8) is 0 Å². The molecule has 2 aliphatic carbocycles. The SMILES string of the molecule is O=C(O)c1cc(S(=O)C2CC3CCC2C3)ccc1Br. The second-order valence-corrected chi connectivity index (χ2v) is 7.98. The third-order valence-electron chi connectivity index (χ3n) is 4.35. The Balaban J connectivity index is 1.88. The predicted molar refractivity (Wildman–Crippen MR) is 76.7 cm³/mol. The lowest BCUT2D eigenvalue weighted by molar-refractivity contribution is 0.0695. The van der Waals surface area contributed by atoms with Crippen molar-refractivity contribution in [2.45, 2.75) is 35.8 Å². The number of aromatic carboxylic acids is 1. The highest BCUT2D eigenvalue weighted by molar-refractivity contribution is 9.10. The second kappa shape index (κ2) is 5.02. The maximum absolute atomic E-state index is 12.6. The first kappa shape index (κ1) is 13.3. The van der Waals surface area contributed by atoms with Gasteiger partial charge in [-0.15, -0.1) is 0 Å². The number of benzene rings is 1. The monoisotopic (exact) mass is 342 g/mol. The van der Waals surface area contributed by atoms with Gasteiger partial charge in [-0.1, -0.05) is 6.42 Å². The fourth-order valence-electron chi connectivity index (χ4n) is 3.42. The quantitative estimate of drug-likeness (QED) is 0.915. The van der Waals surface area contributed by atoms with Crippen LogP contribution >= 0.6 is 15.9 Å². The molecular weight excluding hydrogens is 328 g/mol. The normalized spacial score (nSPS) is 30.5. The maximum Gasteiger partial charge on any atom is 0.336 e. The molecule has 0 aromatic heterocycles. The Morgan fingerprint density at radius 2 is 2.11 bits per heavy atom. The maximum atomic E-state index is 12.6. The molecule has 0 aliphatic heterocycles. The van der Waals surface area contributed by atoms with Gasteiger partial charge < -0.3 is 5.11 Å². The molecule has 102 valence electrons. The van der Waals surface area contributed by atoms with Gasteiger partial charge in [0.2, 0.25) is 0 Å². The predicted octanol–water partition coefficient (Wildman–Crippen LogP) is 3.44. The summed E-state index contributed by atoms with van der Waals surface area (Å²) in [5, 5.41) is 9.34. The van der Waals surface area contributed by atoms with E-state index in [2.05, 4.69) is 15.9 Å². The minimum Gasteiger partial charge on any atom is -0.478 e. The Hall–Kier alpha value is -0.680. The third kappa shape index (κ3) is 2.38. The highest BCUT2D eigenvalue weighted by atomic mass is 79.9. The summed E-state index contributed by atoms with van der Waals surface area (Å²) in [6.07, 6.45) is 4.71. The van der Waals surface area contributed by atoms with Crippen molar-refractivity contribution in [3.05, 3.63) is 28.2 Å². The number of carbonyl (C=O) groups is 1. The molecule has 2 aliphatic rings. The molecule has 4 atom stereocenters. The van der Waals surface area contributed by atoms with Gasteiger partial charge in [0.1, 0.15) is 0 Å². The number of fused-ring (bicyclic) bond motifs is 2. The largest absolute Gasteiger partial charge is 0.478 e. The summed E-state index contributed by atoms with van der Waals surface area (Å²) < 4.78 is 13.2. The summed E-state index contributed by atoms with van der Waals surface area (Å²) in [6, 6.07) is 5.01. The fourth-order valence-corrected chi connectivity index (χ4v) is 5.66. The summed E-state index contributed by atoms with van der Waals surface area (Å²) in [5.41, 5.74) is 0.189. The summed E-state index contributed by atoms with van der Waals surface area (Å²) in [7, 11) is -1.08. The lowest BCUT2D eigenvalue weighted by Crippen LogP contribution is -2.22. The average Bonchev–Trinajstić information content (AvgIpc) is 3.00. The Morgan fingerprint density at radius 3 is 2.68 bits per heavy atom. The van der Waals surface area contributed by atoms with Crippen molar-refractivity contribution in [2.24, 2.45) is 11.8 Å². The van der Waals surface area contributed by atoms with Crippen molar-refractivity contribution in [1.29, 1.82) is 0 Å². The Bertz CT molecular complexity index is 558. The van der Waals surface area contributed by atoms with Gasteiger partial charge in [-0.05, 0) is 65.2 Å². The van der Waals surface area contributed by atoms with E-state index in [1.165, 1.54) is 19.3 Å². The third-order valence-corrected chi connectivity index (χ3v) is 6.89. The van der Waals surface area contributed by atoms with Gasteiger partial charge in [0.05, 0.1) is 16.4 Å². The van der Waals surface area contributed by atoms with Gasteiger partial charge in [-0.2, -0.15) is 0 Å². The molecule has 0 radical (unpaired) electrons. The molecule has 2 bridgehead atoms. The van der Waals surface area contributed by atoms with Crippen LogP contribution in [-0.2, 0) is 10.8 Å². The zero-order valence-corrected chi connectivity index (χ0v) is 12.7. The molecule has 2 saturated carbocycles. The van der Waals surface area contributed by atoms with Crippen LogP contribution in [0.25, 0.3) is 0 Å². The van der Waals surface area contributed by atoms with Crippen LogP contribution < -0.4 is 0 Å². The fraction of sp³-hybridized carbons (Fsp3) is 0.500. The summed E-state index contributed by atoms with van der Waals surface area (Å²) in [4.78, 5) is 11.8. The first-order valence-electron chi connectivity index (χ1n) is 6.49. The molecular formula is C14H15BrO3S. The molecule has 0 heterocycles. The van der Waals surface area contributed by atoms with E-state index in [0.717, 1.165) is 12.3 Å². The molecule has 4 unspecified atom stereocenters. The van der Waals surface area contributed by atoms with Crippen LogP contribution in [0.2, 0.25) is 0 Å². The average molecular weight is 343 g/mol. The van der Waals surface area contributed by atoms with Crippen LogP contribution in [0.1, 0.15) is 36.0 Å². The molecule has 3 nitrogen and oxygen atoms in total. The van der Waals surface area contributed by atoms with E-state index in [-0.39, 0.29) is 10.8 Å². The number of hydrogen-bond donors (Lipinski definition) is 1. The number of halogens is 1. The Kier molecular flexibility index (Phi) is 3.52. The molecule has 1 aromatic carbocycles. The van der Waals surface area contributed by atoms with Crippen LogP contribution in [-0.4, -0.2) is 20.5 Å². The molecule has 5 heteroatoms. The van der Waals surface area contributed by atoms with Gasteiger partial charge in [0, 0.05) is 14.6 Å². The van der Waals surface area contributed by atoms with Crippen LogP contribution in [0, 0.1) is 11.8 Å². The van der Waals surface area contributed by atoms with E-state index in [9.17, 15) is 9.00 Å². The number of hydrogen-bond acceptors (Lipinski definition) is 2. The number of rotatable bonds is 3. The molecule has 0 saturated heterocycles. The smallest absolute Gasteiger partial charge is 0.336 e. The first-order valence-corrected chi connectivity index (χ1v) is 8.50. The zero-order valence-electron chi connectivity index (χ0n) is 10.3. The van der Waals surface area contributed by atoms with Gasteiger partial charge >= 0.3 is 5.97 Å². The summed E-state index contributed by atoms with van der Waals surface area (Å²) in [5.74, 6) is 0.328. The highest BCUT2D eigenvalue weighted by Crippen LogP contribution is 2.47. The summed E-state index contributed by atoms with van der Waals surface area (Å²) >= 11 is 3.22. The van der Waals surface area contributed by atoms with Crippen molar-refractivity contribution in [2.75, 3.05) is 0 Å². The van der Waals surface area contributed by atoms with E-state index in [1.54, 1.807) is 18.2 Å². The van der Waals surface area contributed by atoms with E-state index < -0.39 is 16.8 Å². The Morgan fingerprint density at radius 1 is 1.32 bits per heavy atom. The van der Waals surface area contributed by atoms with Gasteiger partial charge in [-0.25, -0.2) is 4.79 Å². The van der Waals surface area contributed by atoms with Crippen LogP contribution in [0.5, 0.6) is 0 Å². The molecule has 3 rings (SSSR count). The van der Waals surface area contributed by atoms with Crippen LogP contribution in [0.15, 0.2) is 27.6 Å². The molecule has 0 amide bonds. The topological polar surface area (TPSA) is 54.4 Å². The van der Waals surface area contributed by atoms with Crippen molar-refractivity contribution < 1.29 is 14.1 Å². The van der Waals surface area contributed by atoms with Gasteiger partial charge in [-0.3, -0.25) is 4.21 Å². The van der Waals surface area contributed by atoms with Crippen LogP contribution in [0.3, 0.4) is 0 Å². The molecule has 0 spiro atoms. The van der Waals surface area contributed by atoms with Crippen molar-refractivity contribution >= 4 is 32.7 Å². The van der Waals surface area contributed by atoms with Crippen LogP contribution in [0.4, 0.5) is 0 Å². The van der Waals surface area contributed by atoms with E-state index in [4.69, 9.17) is 5.11 Å². The van der Waals surface area contributed by atoms with E-state index in [0.29, 0.717) is 15.3 Å². The van der Waals surface area contributed by atoms with E-state index >= 15 is 0 Å². The first-order chi connectivity index (χ1) is 9.06. The lowest BCUT2D eigenvalue weighted by atomic mass is 10.0.